The second-order valence-electron chi connectivity index (χ2n) is 4.62. The second-order valence-corrected chi connectivity index (χ2v) is 5.49. The molecule has 1 aliphatic rings. The van der Waals surface area contributed by atoms with Crippen LogP contribution in [-0.4, -0.2) is 42.5 Å². The number of halogens is 1. The van der Waals surface area contributed by atoms with Gasteiger partial charge in [0, 0.05) is 36.4 Å². The molecular formula is C13H16ClN3OS. The maximum absolute atomic E-state index is 12.0. The zero-order valence-electron chi connectivity index (χ0n) is 10.7. The molecule has 6 heteroatoms. The van der Waals surface area contributed by atoms with Gasteiger partial charge in [-0.15, -0.1) is 0 Å². The summed E-state index contributed by atoms with van der Waals surface area (Å²) in [5, 5.41) is 0.611. The first-order chi connectivity index (χ1) is 8.99. The summed E-state index contributed by atoms with van der Waals surface area (Å²) in [6.45, 7) is 1.87. The minimum atomic E-state index is 0.0892. The molecule has 1 aromatic rings. The first kappa shape index (κ1) is 14.1. The van der Waals surface area contributed by atoms with Gasteiger partial charge in [-0.1, -0.05) is 23.8 Å². The van der Waals surface area contributed by atoms with Crippen LogP contribution in [-0.2, 0) is 4.79 Å². The first-order valence-corrected chi connectivity index (χ1v) is 6.86. The Morgan fingerprint density at radius 3 is 2.84 bits per heavy atom. The fraction of sp³-hybridized carbons (Fsp3) is 0.385. The Balaban J connectivity index is 2.37. The molecule has 0 atom stereocenters. The molecule has 0 unspecified atom stereocenters. The molecule has 1 amide bonds. The standard InChI is InChI=1S/C13H16ClN3OS/c1-16-5-2-6-17(8-12(16)18)11-7-9(14)3-4-10(11)13(15)19/h3-4,7H,2,5-6,8H2,1H3,(H2,15,19). The Bertz CT molecular complexity index is 521. The van der Waals surface area contributed by atoms with Crippen LogP contribution in [0.1, 0.15) is 12.0 Å². The number of nitrogens with two attached hydrogens (primary N) is 1. The summed E-state index contributed by atoms with van der Waals surface area (Å²) < 4.78 is 0. The van der Waals surface area contributed by atoms with Crippen LogP contribution in [0.5, 0.6) is 0 Å². The van der Waals surface area contributed by atoms with Crippen LogP contribution in [0.15, 0.2) is 18.2 Å². The third-order valence-corrected chi connectivity index (χ3v) is 3.69. The monoisotopic (exact) mass is 297 g/mol. The minimum Gasteiger partial charge on any atom is -0.389 e. The van der Waals surface area contributed by atoms with Crippen molar-refractivity contribution in [3.8, 4) is 0 Å². The van der Waals surface area contributed by atoms with Crippen molar-refractivity contribution in [1.82, 2.24) is 4.90 Å². The molecule has 2 N–H and O–H groups in total. The van der Waals surface area contributed by atoms with Crippen LogP contribution < -0.4 is 10.6 Å². The third kappa shape index (κ3) is 3.16. The second kappa shape index (κ2) is 5.75. The van der Waals surface area contributed by atoms with Crippen LogP contribution in [0.4, 0.5) is 5.69 Å². The highest BCUT2D eigenvalue weighted by molar-refractivity contribution is 7.80. The molecule has 1 aromatic carbocycles. The van der Waals surface area contributed by atoms with Crippen LogP contribution >= 0.6 is 23.8 Å². The van der Waals surface area contributed by atoms with Crippen LogP contribution in [0.25, 0.3) is 0 Å². The molecule has 0 aliphatic carbocycles. The highest BCUT2D eigenvalue weighted by Gasteiger charge is 2.21. The molecule has 1 fully saturated rings. The summed E-state index contributed by atoms with van der Waals surface area (Å²) in [4.78, 5) is 16.0. The number of hydrogen-bond acceptors (Lipinski definition) is 3. The highest BCUT2D eigenvalue weighted by atomic mass is 35.5. The van der Waals surface area contributed by atoms with E-state index in [0.29, 0.717) is 16.6 Å². The molecule has 2 rings (SSSR count). The summed E-state index contributed by atoms with van der Waals surface area (Å²) in [6, 6.07) is 5.37. The predicted octanol–water partition coefficient (Wildman–Crippen LogP) is 1.64. The van der Waals surface area contributed by atoms with E-state index >= 15 is 0 Å². The number of likely N-dealkylation sites (N-methyl/N-ethyl adjacent to an activating group) is 1. The third-order valence-electron chi connectivity index (χ3n) is 3.24. The Hall–Kier alpha value is -1.33. The number of benzene rings is 1. The Morgan fingerprint density at radius 2 is 2.16 bits per heavy atom. The Morgan fingerprint density at radius 1 is 1.42 bits per heavy atom. The number of nitrogens with zero attached hydrogens (tertiary/aromatic N) is 2. The van der Waals surface area contributed by atoms with Gasteiger partial charge in [0.05, 0.1) is 6.54 Å². The minimum absolute atomic E-state index is 0.0892. The van der Waals surface area contributed by atoms with Crippen molar-refractivity contribution < 1.29 is 4.79 Å². The zero-order valence-corrected chi connectivity index (χ0v) is 12.3. The van der Waals surface area contributed by atoms with Gasteiger partial charge in [-0.05, 0) is 24.6 Å². The predicted molar refractivity (Wildman–Crippen MR) is 81.8 cm³/mol. The number of carbonyl (C=O) groups is 1. The van der Waals surface area contributed by atoms with Crippen molar-refractivity contribution in [1.29, 1.82) is 0 Å². The SMILES string of the molecule is CN1CCCN(c2cc(Cl)ccc2C(N)=S)CC1=O. The molecule has 0 saturated carbocycles. The Kier molecular flexibility index (Phi) is 4.27. The van der Waals surface area contributed by atoms with Crippen molar-refractivity contribution in [3.05, 3.63) is 28.8 Å². The number of anilines is 1. The van der Waals surface area contributed by atoms with E-state index in [1.54, 1.807) is 17.0 Å². The molecule has 0 spiro atoms. The van der Waals surface area contributed by atoms with E-state index in [-0.39, 0.29) is 5.91 Å². The Labute approximate surface area is 123 Å². The molecule has 4 nitrogen and oxygen atoms in total. The average Bonchev–Trinajstić information content (AvgIpc) is 2.51. The number of hydrogen-bond donors (Lipinski definition) is 1. The van der Waals surface area contributed by atoms with Crippen LogP contribution in [0, 0.1) is 0 Å². The number of thiocarbonyl (C=S) groups is 1. The van der Waals surface area contributed by atoms with Crippen LogP contribution in [0.3, 0.4) is 0 Å². The fourth-order valence-corrected chi connectivity index (χ4v) is 2.51. The van der Waals surface area contributed by atoms with Gasteiger partial charge in [-0.2, -0.15) is 0 Å². The van der Waals surface area contributed by atoms with Gasteiger partial charge in [0.15, 0.2) is 0 Å². The molecule has 0 aromatic heterocycles. The van der Waals surface area contributed by atoms with Gasteiger partial charge in [0.1, 0.15) is 4.99 Å². The lowest BCUT2D eigenvalue weighted by atomic mass is 10.1. The number of rotatable bonds is 2. The van der Waals surface area contributed by atoms with Crippen LogP contribution in [0.2, 0.25) is 5.02 Å². The van der Waals surface area contributed by atoms with Gasteiger partial charge >= 0.3 is 0 Å². The van der Waals surface area contributed by atoms with Gasteiger partial charge in [-0.25, -0.2) is 0 Å². The van der Waals surface area contributed by atoms with E-state index in [9.17, 15) is 4.79 Å². The molecule has 0 bridgehead atoms. The lowest BCUT2D eigenvalue weighted by molar-refractivity contribution is -0.127. The number of carbonyl (C=O) groups excluding carboxylic acids is 1. The van der Waals surface area contributed by atoms with E-state index in [1.165, 1.54) is 0 Å². The van der Waals surface area contributed by atoms with E-state index in [1.807, 2.05) is 18.0 Å². The van der Waals surface area contributed by atoms with Gasteiger partial charge < -0.3 is 15.5 Å². The lowest BCUT2D eigenvalue weighted by Gasteiger charge is -2.24. The largest absolute Gasteiger partial charge is 0.389 e. The lowest BCUT2D eigenvalue weighted by Crippen LogP contribution is -2.35. The van der Waals surface area contributed by atoms with Gasteiger partial charge in [-0.3, -0.25) is 4.79 Å². The van der Waals surface area contributed by atoms with Crippen molar-refractivity contribution in [2.45, 2.75) is 6.42 Å². The number of amides is 1. The maximum atomic E-state index is 12.0. The topological polar surface area (TPSA) is 49.6 Å². The summed E-state index contributed by atoms with van der Waals surface area (Å²) in [5.74, 6) is 0.0892. The maximum Gasteiger partial charge on any atom is 0.241 e. The first-order valence-electron chi connectivity index (χ1n) is 6.07. The fourth-order valence-electron chi connectivity index (χ4n) is 2.17. The molecule has 0 radical (unpaired) electrons. The van der Waals surface area contributed by atoms with E-state index in [0.717, 1.165) is 30.8 Å². The molecule has 1 heterocycles. The highest BCUT2D eigenvalue weighted by Crippen LogP contribution is 2.26. The van der Waals surface area contributed by atoms with E-state index in [2.05, 4.69) is 0 Å². The zero-order chi connectivity index (χ0) is 14.0. The van der Waals surface area contributed by atoms with Crippen molar-refractivity contribution >= 4 is 40.4 Å². The summed E-state index contributed by atoms with van der Waals surface area (Å²) in [5.41, 5.74) is 7.34. The summed E-state index contributed by atoms with van der Waals surface area (Å²) in [6.07, 6.45) is 0.908. The van der Waals surface area contributed by atoms with Crippen molar-refractivity contribution in [2.75, 3.05) is 31.6 Å². The summed E-state index contributed by atoms with van der Waals surface area (Å²) in [7, 11) is 1.82. The molecule has 19 heavy (non-hydrogen) atoms. The molecule has 1 aliphatic heterocycles. The summed E-state index contributed by atoms with van der Waals surface area (Å²) >= 11 is 11.1. The van der Waals surface area contributed by atoms with Crippen molar-refractivity contribution in [2.24, 2.45) is 5.73 Å². The van der Waals surface area contributed by atoms with Gasteiger partial charge in [0.2, 0.25) is 5.91 Å². The molecular weight excluding hydrogens is 282 g/mol. The van der Waals surface area contributed by atoms with E-state index in [4.69, 9.17) is 29.6 Å². The quantitative estimate of drug-likeness (QED) is 0.843. The molecule has 1 saturated heterocycles. The van der Waals surface area contributed by atoms with Crippen molar-refractivity contribution in [3.63, 3.8) is 0 Å². The smallest absolute Gasteiger partial charge is 0.241 e. The average molecular weight is 298 g/mol. The normalized spacial score (nSPS) is 16.4. The molecule has 102 valence electrons. The van der Waals surface area contributed by atoms with Gasteiger partial charge in [0.25, 0.3) is 0 Å². The van der Waals surface area contributed by atoms with E-state index < -0.39 is 0 Å².